The molecule has 0 amide bonds. The standard InChI is InChI=1S/C4H4ClN3.ClH/c5-3-4(6)8-2-1-7-3;/h1-2H,(H2,6,8);1H. The monoisotopic (exact) mass is 165 g/mol. The molecule has 0 saturated heterocycles. The number of aromatic nitrogens is 2. The quantitative estimate of drug-likeness (QED) is 0.628. The zero-order valence-electron chi connectivity index (χ0n) is 4.41. The summed E-state index contributed by atoms with van der Waals surface area (Å²) in [6.07, 6.45) is 2.97. The summed E-state index contributed by atoms with van der Waals surface area (Å²) in [6, 6.07) is 0. The average Bonchev–Trinajstić information content (AvgIpc) is 1.77. The molecular formula is C4H5Cl2N3. The van der Waals surface area contributed by atoms with Crippen molar-refractivity contribution >= 4 is 29.8 Å². The molecule has 9 heavy (non-hydrogen) atoms. The second kappa shape index (κ2) is 3.48. The van der Waals surface area contributed by atoms with Gasteiger partial charge in [0.15, 0.2) is 11.0 Å². The largest absolute Gasteiger partial charge is 0.381 e. The third-order valence-electron chi connectivity index (χ3n) is 0.680. The zero-order chi connectivity index (χ0) is 5.98. The molecule has 0 fully saturated rings. The van der Waals surface area contributed by atoms with Crippen LogP contribution in [-0.4, -0.2) is 9.97 Å². The summed E-state index contributed by atoms with van der Waals surface area (Å²) in [5, 5.41) is 0.257. The maximum atomic E-state index is 5.41. The van der Waals surface area contributed by atoms with Crippen molar-refractivity contribution in [2.24, 2.45) is 0 Å². The lowest BCUT2D eigenvalue weighted by molar-refractivity contribution is 1.21. The normalized spacial score (nSPS) is 8.11. The zero-order valence-corrected chi connectivity index (χ0v) is 5.99. The topological polar surface area (TPSA) is 51.8 Å². The van der Waals surface area contributed by atoms with E-state index in [1.165, 1.54) is 12.4 Å². The van der Waals surface area contributed by atoms with Gasteiger partial charge in [-0.1, -0.05) is 11.6 Å². The molecule has 1 aromatic heterocycles. The molecule has 2 N–H and O–H groups in total. The van der Waals surface area contributed by atoms with Gasteiger partial charge in [0.05, 0.1) is 0 Å². The molecule has 0 aliphatic heterocycles. The molecule has 3 nitrogen and oxygen atoms in total. The van der Waals surface area contributed by atoms with Crippen LogP contribution in [0.15, 0.2) is 12.4 Å². The van der Waals surface area contributed by atoms with Crippen molar-refractivity contribution in [2.75, 3.05) is 5.73 Å². The molecule has 1 aromatic rings. The Morgan fingerprint density at radius 1 is 1.33 bits per heavy atom. The van der Waals surface area contributed by atoms with E-state index in [2.05, 4.69) is 9.97 Å². The summed E-state index contributed by atoms with van der Waals surface area (Å²) in [5.74, 6) is 0.272. The Morgan fingerprint density at radius 2 is 1.89 bits per heavy atom. The van der Waals surface area contributed by atoms with Crippen molar-refractivity contribution in [3.63, 3.8) is 0 Å². The number of rotatable bonds is 0. The fourth-order valence-corrected chi connectivity index (χ4v) is 0.437. The summed E-state index contributed by atoms with van der Waals surface area (Å²) in [6.45, 7) is 0. The Kier molecular flexibility index (Phi) is 3.27. The van der Waals surface area contributed by atoms with Gasteiger partial charge in [-0.2, -0.15) is 0 Å². The van der Waals surface area contributed by atoms with Crippen LogP contribution in [0, 0.1) is 0 Å². The summed E-state index contributed by atoms with van der Waals surface area (Å²) in [7, 11) is 0. The maximum Gasteiger partial charge on any atom is 0.171 e. The van der Waals surface area contributed by atoms with Gasteiger partial charge in [0, 0.05) is 12.4 Å². The Labute approximate surface area is 63.7 Å². The van der Waals surface area contributed by atoms with Gasteiger partial charge < -0.3 is 5.73 Å². The number of nitrogen functional groups attached to an aromatic ring is 1. The van der Waals surface area contributed by atoms with Gasteiger partial charge in [0.25, 0.3) is 0 Å². The SMILES string of the molecule is Cl.Nc1nccnc1Cl. The lowest BCUT2D eigenvalue weighted by Gasteiger charge is -1.89. The smallest absolute Gasteiger partial charge is 0.171 e. The summed E-state index contributed by atoms with van der Waals surface area (Å²) >= 11 is 5.41. The highest BCUT2D eigenvalue weighted by Gasteiger charge is 1.91. The molecule has 1 rings (SSSR count). The van der Waals surface area contributed by atoms with E-state index in [4.69, 9.17) is 17.3 Å². The predicted molar refractivity (Wildman–Crippen MR) is 38.7 cm³/mol. The molecule has 0 radical (unpaired) electrons. The van der Waals surface area contributed by atoms with Crippen molar-refractivity contribution in [1.29, 1.82) is 0 Å². The fraction of sp³-hybridized carbons (Fsp3) is 0. The van der Waals surface area contributed by atoms with E-state index in [9.17, 15) is 0 Å². The number of nitrogens with two attached hydrogens (primary N) is 1. The summed E-state index contributed by atoms with van der Waals surface area (Å²) in [5.41, 5.74) is 5.21. The fourth-order valence-electron chi connectivity index (χ4n) is 0.332. The van der Waals surface area contributed by atoms with Gasteiger partial charge in [-0.25, -0.2) is 9.97 Å². The number of hydrogen-bond acceptors (Lipinski definition) is 3. The van der Waals surface area contributed by atoms with Crippen LogP contribution in [0.4, 0.5) is 5.82 Å². The Hall–Kier alpha value is -0.540. The van der Waals surface area contributed by atoms with Gasteiger partial charge in [0.2, 0.25) is 0 Å². The molecule has 0 aliphatic carbocycles. The van der Waals surface area contributed by atoms with E-state index >= 15 is 0 Å². The average molecular weight is 166 g/mol. The molecule has 1 heterocycles. The minimum atomic E-state index is 0. The first kappa shape index (κ1) is 8.46. The number of nitrogens with zero attached hydrogens (tertiary/aromatic N) is 2. The molecule has 50 valence electrons. The van der Waals surface area contributed by atoms with Crippen LogP contribution in [0.2, 0.25) is 5.15 Å². The van der Waals surface area contributed by atoms with Crippen molar-refractivity contribution in [3.8, 4) is 0 Å². The molecule has 0 atom stereocenters. The number of hydrogen-bond donors (Lipinski definition) is 1. The second-order valence-electron chi connectivity index (χ2n) is 1.23. The first-order valence-electron chi connectivity index (χ1n) is 2.02. The van der Waals surface area contributed by atoms with E-state index in [1.54, 1.807) is 0 Å². The molecular weight excluding hydrogens is 161 g/mol. The minimum Gasteiger partial charge on any atom is -0.381 e. The third-order valence-corrected chi connectivity index (χ3v) is 0.971. The van der Waals surface area contributed by atoms with Crippen LogP contribution in [0.1, 0.15) is 0 Å². The highest BCUT2D eigenvalue weighted by molar-refractivity contribution is 6.31. The van der Waals surface area contributed by atoms with Crippen LogP contribution in [0.25, 0.3) is 0 Å². The van der Waals surface area contributed by atoms with Crippen molar-refractivity contribution in [1.82, 2.24) is 9.97 Å². The van der Waals surface area contributed by atoms with E-state index in [0.29, 0.717) is 0 Å². The Balaban J connectivity index is 0.000000640. The van der Waals surface area contributed by atoms with E-state index in [1.807, 2.05) is 0 Å². The molecule has 0 saturated carbocycles. The number of anilines is 1. The van der Waals surface area contributed by atoms with Crippen LogP contribution >= 0.6 is 24.0 Å². The van der Waals surface area contributed by atoms with Crippen LogP contribution < -0.4 is 5.73 Å². The molecule has 5 heteroatoms. The highest BCUT2D eigenvalue weighted by Crippen LogP contribution is 2.07. The molecule has 0 aliphatic rings. The van der Waals surface area contributed by atoms with E-state index in [0.717, 1.165) is 0 Å². The van der Waals surface area contributed by atoms with Gasteiger partial charge in [-0.15, -0.1) is 12.4 Å². The van der Waals surface area contributed by atoms with E-state index in [-0.39, 0.29) is 23.4 Å². The molecule has 0 unspecified atom stereocenters. The Morgan fingerprint density at radius 3 is 2.22 bits per heavy atom. The van der Waals surface area contributed by atoms with Crippen molar-refractivity contribution < 1.29 is 0 Å². The highest BCUT2D eigenvalue weighted by atomic mass is 35.5. The lowest BCUT2D eigenvalue weighted by atomic mass is 10.7. The van der Waals surface area contributed by atoms with Gasteiger partial charge in [-0.05, 0) is 0 Å². The molecule has 0 aromatic carbocycles. The van der Waals surface area contributed by atoms with Crippen molar-refractivity contribution in [3.05, 3.63) is 17.5 Å². The van der Waals surface area contributed by atoms with Gasteiger partial charge >= 0.3 is 0 Å². The van der Waals surface area contributed by atoms with Crippen LogP contribution in [0.5, 0.6) is 0 Å². The first-order valence-corrected chi connectivity index (χ1v) is 2.40. The molecule has 0 bridgehead atoms. The summed E-state index contributed by atoms with van der Waals surface area (Å²) < 4.78 is 0. The van der Waals surface area contributed by atoms with Crippen LogP contribution in [-0.2, 0) is 0 Å². The maximum absolute atomic E-state index is 5.41. The van der Waals surface area contributed by atoms with Gasteiger partial charge in [-0.3, -0.25) is 0 Å². The van der Waals surface area contributed by atoms with Crippen LogP contribution in [0.3, 0.4) is 0 Å². The van der Waals surface area contributed by atoms with Gasteiger partial charge in [0.1, 0.15) is 0 Å². The predicted octanol–water partition coefficient (Wildman–Crippen LogP) is 1.13. The second-order valence-corrected chi connectivity index (χ2v) is 1.59. The first-order chi connectivity index (χ1) is 3.80. The summed E-state index contributed by atoms with van der Waals surface area (Å²) in [4.78, 5) is 7.32. The minimum absolute atomic E-state index is 0. The van der Waals surface area contributed by atoms with Crippen molar-refractivity contribution in [2.45, 2.75) is 0 Å². The van der Waals surface area contributed by atoms with E-state index < -0.39 is 0 Å². The lowest BCUT2D eigenvalue weighted by Crippen LogP contribution is -1.90. The Bertz CT molecular complexity index is 170. The number of halogens is 2. The third kappa shape index (κ3) is 2.03. The molecule has 0 spiro atoms.